The molecule has 0 fully saturated rings. The third kappa shape index (κ3) is 3.66. The van der Waals surface area contributed by atoms with Gasteiger partial charge >= 0.3 is 0 Å². The predicted molar refractivity (Wildman–Crippen MR) is 120 cm³/mol. The number of hydrogen-bond donors (Lipinski definition) is 1. The van der Waals surface area contributed by atoms with Crippen molar-refractivity contribution in [3.63, 3.8) is 0 Å². The Bertz CT molecular complexity index is 1220. The predicted octanol–water partition coefficient (Wildman–Crippen LogP) is 4.37. The van der Waals surface area contributed by atoms with Crippen molar-refractivity contribution in [1.82, 2.24) is 4.68 Å². The molecule has 1 aliphatic rings. The Hall–Kier alpha value is -3.99. The quantitative estimate of drug-likeness (QED) is 0.543. The van der Waals surface area contributed by atoms with E-state index in [1.165, 1.54) is 12.3 Å². The Labute approximate surface area is 180 Å². The maximum Gasteiger partial charge on any atom is 0.223 e. The molecular formula is C26H22N2O3. The van der Waals surface area contributed by atoms with E-state index < -0.39 is 5.43 Å². The molecule has 4 aromatic rings. The second kappa shape index (κ2) is 8.03. The summed E-state index contributed by atoms with van der Waals surface area (Å²) in [6, 6.07) is 27.6. The molecule has 5 nitrogen and oxygen atoms in total. The molecule has 1 N–H and O–H groups in total. The van der Waals surface area contributed by atoms with Gasteiger partial charge in [-0.25, -0.2) is 0 Å². The van der Waals surface area contributed by atoms with Crippen LogP contribution in [-0.4, -0.2) is 9.78 Å². The molecule has 5 rings (SSSR count). The first-order chi connectivity index (χ1) is 15.2. The van der Waals surface area contributed by atoms with Crippen molar-refractivity contribution in [3.8, 4) is 11.5 Å². The Morgan fingerprint density at radius 2 is 1.61 bits per heavy atom. The van der Waals surface area contributed by atoms with Gasteiger partial charge in [0.05, 0.1) is 18.8 Å². The van der Waals surface area contributed by atoms with E-state index in [1.54, 1.807) is 10.9 Å². The maximum absolute atomic E-state index is 11.9. The number of ether oxygens (including phenoxy) is 1. The fourth-order valence-electron chi connectivity index (χ4n) is 4.11. The van der Waals surface area contributed by atoms with Crippen LogP contribution in [0.5, 0.6) is 11.5 Å². The Balaban J connectivity index is 1.73. The molecule has 0 saturated heterocycles. The highest BCUT2D eigenvalue weighted by atomic mass is 16.5. The van der Waals surface area contributed by atoms with E-state index in [0.717, 1.165) is 28.0 Å². The van der Waals surface area contributed by atoms with Gasteiger partial charge in [-0.15, -0.1) is 0 Å². The van der Waals surface area contributed by atoms with Crippen LogP contribution in [0.4, 0.5) is 0 Å². The average Bonchev–Trinajstić information content (AvgIpc) is 2.97. The fourth-order valence-corrected chi connectivity index (χ4v) is 4.11. The number of benzene rings is 3. The molecule has 5 heteroatoms. The average molecular weight is 410 g/mol. The van der Waals surface area contributed by atoms with Gasteiger partial charge < -0.3 is 9.84 Å². The number of hydrogen-bond acceptors (Lipinski definition) is 4. The molecule has 1 unspecified atom stereocenters. The molecule has 0 spiro atoms. The largest absolute Gasteiger partial charge is 0.503 e. The van der Waals surface area contributed by atoms with Crippen LogP contribution < -0.4 is 15.2 Å². The molecule has 31 heavy (non-hydrogen) atoms. The third-order valence-corrected chi connectivity index (χ3v) is 5.61. The number of para-hydroxylation sites is 1. The number of nitrogens with zero attached hydrogens (tertiary/aromatic N) is 2. The molecule has 0 amide bonds. The van der Waals surface area contributed by atoms with Gasteiger partial charge in [-0.2, -0.15) is 0 Å². The molecular weight excluding hydrogens is 388 g/mol. The molecule has 2 heterocycles. The van der Waals surface area contributed by atoms with Crippen LogP contribution in [-0.2, 0) is 13.2 Å². The van der Waals surface area contributed by atoms with Gasteiger partial charge in [-0.05, 0) is 22.8 Å². The summed E-state index contributed by atoms with van der Waals surface area (Å²) in [5, 5.41) is 12.3. The zero-order valence-corrected chi connectivity index (χ0v) is 16.9. The second-order valence-electron chi connectivity index (χ2n) is 7.59. The molecule has 1 aliphatic heterocycles. The van der Waals surface area contributed by atoms with Gasteiger partial charge in [-0.3, -0.25) is 14.5 Å². The van der Waals surface area contributed by atoms with Crippen molar-refractivity contribution in [2.75, 3.05) is 5.01 Å². The Kier molecular flexibility index (Phi) is 4.92. The molecule has 0 radical (unpaired) electrons. The molecule has 1 aromatic heterocycles. The summed E-state index contributed by atoms with van der Waals surface area (Å²) in [4.78, 5) is 11.9. The van der Waals surface area contributed by atoms with E-state index in [2.05, 4.69) is 35.3 Å². The lowest BCUT2D eigenvalue weighted by molar-refractivity contribution is 0.306. The Morgan fingerprint density at radius 3 is 2.42 bits per heavy atom. The lowest BCUT2D eigenvalue weighted by Crippen LogP contribution is -2.38. The summed E-state index contributed by atoms with van der Waals surface area (Å²) >= 11 is 0. The minimum absolute atomic E-state index is 0.183. The number of aromatic hydroxyl groups is 1. The normalized spacial score (nSPS) is 14.6. The van der Waals surface area contributed by atoms with E-state index in [-0.39, 0.29) is 11.8 Å². The SMILES string of the molecule is O=c1ccn(N(Cc2ccccc2)C2c3ccccc3COc3ccccc32)cc1O. The van der Waals surface area contributed by atoms with Gasteiger partial charge in [-0.1, -0.05) is 72.8 Å². The first-order valence-electron chi connectivity index (χ1n) is 10.2. The Morgan fingerprint density at radius 1 is 0.903 bits per heavy atom. The van der Waals surface area contributed by atoms with Crippen LogP contribution in [0.25, 0.3) is 0 Å². The molecule has 1 atom stereocenters. The summed E-state index contributed by atoms with van der Waals surface area (Å²) in [6.45, 7) is 1.05. The topological polar surface area (TPSA) is 54.7 Å². The van der Waals surface area contributed by atoms with E-state index in [1.807, 2.05) is 48.5 Å². The number of aromatic nitrogens is 1. The molecule has 154 valence electrons. The fraction of sp³-hybridized carbons (Fsp3) is 0.115. The van der Waals surface area contributed by atoms with Crippen molar-refractivity contribution in [2.45, 2.75) is 19.2 Å². The molecule has 0 bridgehead atoms. The van der Waals surface area contributed by atoms with E-state index in [0.29, 0.717) is 13.2 Å². The number of pyridine rings is 1. The van der Waals surface area contributed by atoms with Gasteiger partial charge in [0, 0.05) is 17.8 Å². The van der Waals surface area contributed by atoms with Crippen LogP contribution in [0.15, 0.2) is 102 Å². The van der Waals surface area contributed by atoms with E-state index in [4.69, 9.17) is 4.74 Å². The molecule has 3 aromatic carbocycles. The van der Waals surface area contributed by atoms with Crippen LogP contribution >= 0.6 is 0 Å². The molecule has 0 aliphatic carbocycles. The van der Waals surface area contributed by atoms with Crippen molar-refractivity contribution in [1.29, 1.82) is 0 Å². The highest BCUT2D eigenvalue weighted by Gasteiger charge is 2.30. The number of fused-ring (bicyclic) bond motifs is 2. The zero-order chi connectivity index (χ0) is 21.2. The van der Waals surface area contributed by atoms with Gasteiger partial charge in [0.2, 0.25) is 5.43 Å². The zero-order valence-electron chi connectivity index (χ0n) is 16.9. The monoisotopic (exact) mass is 410 g/mol. The first kappa shape index (κ1) is 19.0. The lowest BCUT2D eigenvalue weighted by atomic mass is 9.94. The van der Waals surface area contributed by atoms with Crippen LogP contribution in [0.1, 0.15) is 28.3 Å². The molecule has 0 saturated carbocycles. The highest BCUT2D eigenvalue weighted by molar-refractivity contribution is 5.49. The van der Waals surface area contributed by atoms with Gasteiger partial charge in [0.15, 0.2) is 5.75 Å². The van der Waals surface area contributed by atoms with Crippen LogP contribution in [0, 0.1) is 0 Å². The lowest BCUT2D eigenvalue weighted by Gasteiger charge is -2.36. The van der Waals surface area contributed by atoms with Gasteiger partial charge in [0.25, 0.3) is 0 Å². The van der Waals surface area contributed by atoms with Crippen molar-refractivity contribution >= 4 is 0 Å². The smallest absolute Gasteiger partial charge is 0.223 e. The summed E-state index contributed by atoms with van der Waals surface area (Å²) < 4.78 is 7.95. The van der Waals surface area contributed by atoms with Crippen LogP contribution in [0.3, 0.4) is 0 Å². The van der Waals surface area contributed by atoms with Crippen molar-refractivity contribution in [3.05, 3.63) is 130 Å². The third-order valence-electron chi connectivity index (χ3n) is 5.61. The minimum Gasteiger partial charge on any atom is -0.503 e. The minimum atomic E-state index is -0.402. The summed E-state index contributed by atoms with van der Waals surface area (Å²) in [5.41, 5.74) is 3.97. The van der Waals surface area contributed by atoms with Gasteiger partial charge in [0.1, 0.15) is 12.4 Å². The first-order valence-corrected chi connectivity index (χ1v) is 10.2. The van der Waals surface area contributed by atoms with Crippen molar-refractivity contribution < 1.29 is 9.84 Å². The number of rotatable bonds is 4. The van der Waals surface area contributed by atoms with Crippen LogP contribution in [0.2, 0.25) is 0 Å². The summed E-state index contributed by atoms with van der Waals surface area (Å²) in [5.74, 6) is 0.541. The van der Waals surface area contributed by atoms with E-state index in [9.17, 15) is 9.90 Å². The van der Waals surface area contributed by atoms with Crippen molar-refractivity contribution in [2.24, 2.45) is 0 Å². The highest BCUT2D eigenvalue weighted by Crippen LogP contribution is 2.39. The van der Waals surface area contributed by atoms with E-state index >= 15 is 0 Å². The summed E-state index contributed by atoms with van der Waals surface area (Å²) in [7, 11) is 0. The maximum atomic E-state index is 11.9. The standard InChI is InChI=1S/C26H22N2O3/c29-23-14-15-27(17-24(23)30)28(16-19-8-2-1-3-9-19)26-21-11-5-4-10-20(21)18-31-25-13-7-6-12-22(25)26/h1-15,17,26,30H,16,18H2. The second-order valence-corrected chi connectivity index (χ2v) is 7.59. The summed E-state index contributed by atoms with van der Waals surface area (Å²) in [6.07, 6.45) is 3.17.